The number of piperazine rings is 1. The summed E-state index contributed by atoms with van der Waals surface area (Å²) >= 11 is 0. The van der Waals surface area contributed by atoms with E-state index in [1.54, 1.807) is 25.2 Å². The highest BCUT2D eigenvalue weighted by Crippen LogP contribution is 2.17. The van der Waals surface area contributed by atoms with Gasteiger partial charge in [-0.2, -0.15) is 0 Å². The summed E-state index contributed by atoms with van der Waals surface area (Å²) in [7, 11) is 1.73. The van der Waals surface area contributed by atoms with Crippen LogP contribution >= 0.6 is 24.0 Å². The van der Waals surface area contributed by atoms with Crippen LogP contribution in [0.3, 0.4) is 0 Å². The minimum Gasteiger partial charge on any atom is -0.486 e. The minimum absolute atomic E-state index is 0. The van der Waals surface area contributed by atoms with Gasteiger partial charge in [-0.05, 0) is 43.3 Å². The van der Waals surface area contributed by atoms with Crippen LogP contribution in [0.25, 0.3) is 0 Å². The monoisotopic (exact) mass is 556 g/mol. The molecule has 2 heterocycles. The third-order valence-electron chi connectivity index (χ3n) is 5.36. The zero-order chi connectivity index (χ0) is 22.1. The lowest BCUT2D eigenvalue weighted by Gasteiger charge is -2.34. The molecule has 0 saturated carbocycles. The zero-order valence-corrected chi connectivity index (χ0v) is 21.4. The summed E-state index contributed by atoms with van der Waals surface area (Å²) < 4.78 is 19.4. The number of likely N-dealkylation sites (N-methyl/N-ethyl adjacent to an activating group) is 1. The Kier molecular flexibility index (Phi) is 10.9. The molecule has 1 aliphatic rings. The number of aromatic nitrogens is 1. The van der Waals surface area contributed by atoms with Gasteiger partial charge in [0, 0.05) is 46.0 Å². The molecule has 0 radical (unpaired) electrons. The van der Waals surface area contributed by atoms with E-state index in [0.717, 1.165) is 44.1 Å². The van der Waals surface area contributed by atoms with Crippen LogP contribution in [0.1, 0.15) is 19.4 Å². The van der Waals surface area contributed by atoms with Crippen molar-refractivity contribution < 1.29 is 9.13 Å². The molecule has 1 aliphatic heterocycles. The van der Waals surface area contributed by atoms with Gasteiger partial charge in [0.1, 0.15) is 11.9 Å². The Balaban J connectivity index is 0.00000363. The fraction of sp³-hybridized carbons (Fsp3) is 0.478. The lowest BCUT2D eigenvalue weighted by Crippen LogP contribution is -2.46. The smallest absolute Gasteiger partial charge is 0.191 e. The summed E-state index contributed by atoms with van der Waals surface area (Å²) in [5.74, 6) is 1.58. The van der Waals surface area contributed by atoms with Gasteiger partial charge in [-0.15, -0.1) is 24.0 Å². The van der Waals surface area contributed by atoms with Gasteiger partial charge in [-0.25, -0.2) is 9.37 Å². The molecule has 1 aromatic carbocycles. The number of halogens is 2. The molecule has 1 aromatic heterocycles. The lowest BCUT2D eigenvalue weighted by atomic mass is 10.2. The van der Waals surface area contributed by atoms with Gasteiger partial charge in [-0.1, -0.05) is 19.1 Å². The van der Waals surface area contributed by atoms with E-state index in [9.17, 15) is 4.39 Å². The van der Waals surface area contributed by atoms with Crippen LogP contribution in [-0.2, 0) is 6.54 Å². The van der Waals surface area contributed by atoms with Crippen molar-refractivity contribution in [1.29, 1.82) is 0 Å². The fourth-order valence-corrected chi connectivity index (χ4v) is 3.48. The Morgan fingerprint density at radius 2 is 1.94 bits per heavy atom. The highest BCUT2D eigenvalue weighted by Gasteiger charge is 2.17. The quantitative estimate of drug-likeness (QED) is 0.296. The van der Waals surface area contributed by atoms with Crippen LogP contribution in [0.15, 0.2) is 47.6 Å². The highest BCUT2D eigenvalue weighted by atomic mass is 127. The van der Waals surface area contributed by atoms with Crippen molar-refractivity contribution >= 4 is 35.8 Å². The van der Waals surface area contributed by atoms with Crippen LogP contribution in [-0.4, -0.2) is 68.3 Å². The number of pyridine rings is 1. The maximum Gasteiger partial charge on any atom is 0.191 e. The summed E-state index contributed by atoms with van der Waals surface area (Å²) in [5.41, 5.74) is 1.14. The highest BCUT2D eigenvalue weighted by molar-refractivity contribution is 14.0. The van der Waals surface area contributed by atoms with E-state index in [1.807, 2.05) is 19.2 Å². The Morgan fingerprint density at radius 1 is 1.19 bits per heavy atom. The minimum atomic E-state index is -0.360. The average Bonchev–Trinajstić information content (AvgIpc) is 2.81. The second kappa shape index (κ2) is 13.4. The first-order valence-corrected chi connectivity index (χ1v) is 10.9. The number of aliphatic imine (C=N–C) groups is 1. The van der Waals surface area contributed by atoms with Crippen molar-refractivity contribution in [2.24, 2.45) is 4.99 Å². The van der Waals surface area contributed by atoms with Crippen LogP contribution < -0.4 is 20.3 Å². The van der Waals surface area contributed by atoms with Crippen molar-refractivity contribution in [3.8, 4) is 5.75 Å². The number of benzene rings is 1. The molecule has 1 saturated heterocycles. The molecule has 2 aromatic rings. The topological polar surface area (TPSA) is 65.0 Å². The number of hydrogen-bond acceptors (Lipinski definition) is 5. The summed E-state index contributed by atoms with van der Waals surface area (Å²) in [6, 6.07) is 10.6. The van der Waals surface area contributed by atoms with Gasteiger partial charge in [0.2, 0.25) is 0 Å². The Hall–Kier alpha value is -2.14. The van der Waals surface area contributed by atoms with Gasteiger partial charge < -0.3 is 25.2 Å². The number of guanidine groups is 1. The molecule has 0 bridgehead atoms. The van der Waals surface area contributed by atoms with E-state index in [0.29, 0.717) is 19.0 Å². The van der Waals surface area contributed by atoms with Crippen molar-refractivity contribution in [1.82, 2.24) is 20.5 Å². The second-order valence-electron chi connectivity index (χ2n) is 7.61. The Labute approximate surface area is 207 Å². The van der Waals surface area contributed by atoms with Crippen molar-refractivity contribution in [3.05, 3.63) is 54.0 Å². The molecular formula is C23H34FIN6O. The number of nitrogens with zero attached hydrogens (tertiary/aromatic N) is 4. The second-order valence-corrected chi connectivity index (χ2v) is 7.61. The first-order valence-electron chi connectivity index (χ1n) is 10.9. The molecule has 7 nitrogen and oxygen atoms in total. The van der Waals surface area contributed by atoms with Gasteiger partial charge in [-0.3, -0.25) is 4.99 Å². The number of para-hydroxylation sites is 1. The van der Waals surface area contributed by atoms with Gasteiger partial charge in [0.25, 0.3) is 0 Å². The molecule has 0 spiro atoms. The number of ether oxygens (including phenoxy) is 1. The number of anilines is 1. The molecule has 3 rings (SSSR count). The molecule has 9 heteroatoms. The molecule has 2 N–H and O–H groups in total. The third kappa shape index (κ3) is 7.77. The predicted molar refractivity (Wildman–Crippen MR) is 139 cm³/mol. The standard InChI is InChI=1S/C23H33FN6O.HI/c1-4-29-11-13-30(14-12-29)22-15-19(9-10-26-22)17-28-23(25-3)27-16-18(2)31-21-8-6-5-7-20(21)24;/h5-10,15,18H,4,11-14,16-17H2,1-3H3,(H2,25,27,28);1H. The number of rotatable bonds is 8. The SMILES string of the molecule is CCN1CCN(c2cc(CNC(=NC)NCC(C)Oc3ccccc3F)ccn2)CC1.I. The normalized spacial score (nSPS) is 15.6. The van der Waals surface area contributed by atoms with Crippen molar-refractivity contribution in [2.75, 3.05) is 51.2 Å². The van der Waals surface area contributed by atoms with E-state index in [1.165, 1.54) is 6.07 Å². The molecule has 0 amide bonds. The molecule has 1 fully saturated rings. The first-order chi connectivity index (χ1) is 15.1. The molecule has 32 heavy (non-hydrogen) atoms. The van der Waals surface area contributed by atoms with Crippen LogP contribution in [0, 0.1) is 5.82 Å². The maximum absolute atomic E-state index is 13.7. The average molecular weight is 556 g/mol. The van der Waals surface area contributed by atoms with Crippen LogP contribution in [0.5, 0.6) is 5.75 Å². The van der Waals surface area contributed by atoms with E-state index < -0.39 is 0 Å². The number of nitrogens with one attached hydrogen (secondary N) is 2. The molecule has 1 atom stereocenters. The molecule has 176 valence electrons. The number of hydrogen-bond donors (Lipinski definition) is 2. The Morgan fingerprint density at radius 3 is 2.62 bits per heavy atom. The largest absolute Gasteiger partial charge is 0.486 e. The maximum atomic E-state index is 13.7. The fourth-order valence-electron chi connectivity index (χ4n) is 3.48. The van der Waals surface area contributed by atoms with Crippen molar-refractivity contribution in [2.45, 2.75) is 26.5 Å². The molecule has 0 aliphatic carbocycles. The van der Waals surface area contributed by atoms with E-state index >= 15 is 0 Å². The van der Waals surface area contributed by atoms with Gasteiger partial charge in [0.05, 0.1) is 6.54 Å². The van der Waals surface area contributed by atoms with Crippen LogP contribution in [0.4, 0.5) is 10.2 Å². The summed E-state index contributed by atoms with van der Waals surface area (Å²) in [6.45, 7) is 10.5. The van der Waals surface area contributed by atoms with Crippen molar-refractivity contribution in [3.63, 3.8) is 0 Å². The summed E-state index contributed by atoms with van der Waals surface area (Å²) in [5, 5.41) is 6.55. The molecular weight excluding hydrogens is 522 g/mol. The summed E-state index contributed by atoms with van der Waals surface area (Å²) in [6.07, 6.45) is 1.64. The van der Waals surface area contributed by atoms with Gasteiger partial charge >= 0.3 is 0 Å². The lowest BCUT2D eigenvalue weighted by molar-refractivity contribution is 0.214. The first kappa shape index (κ1) is 26.1. The molecule has 1 unspecified atom stereocenters. The van der Waals surface area contributed by atoms with E-state index in [-0.39, 0.29) is 41.6 Å². The van der Waals surface area contributed by atoms with Gasteiger partial charge in [0.15, 0.2) is 17.5 Å². The summed E-state index contributed by atoms with van der Waals surface area (Å²) in [4.78, 5) is 13.6. The zero-order valence-electron chi connectivity index (χ0n) is 19.1. The van der Waals surface area contributed by atoms with Crippen LogP contribution in [0.2, 0.25) is 0 Å². The predicted octanol–water partition coefficient (Wildman–Crippen LogP) is 3.11. The Bertz CT molecular complexity index is 860. The van der Waals surface area contributed by atoms with E-state index in [2.05, 4.69) is 43.4 Å². The van der Waals surface area contributed by atoms with E-state index in [4.69, 9.17) is 4.74 Å². The third-order valence-corrected chi connectivity index (χ3v) is 5.36.